The van der Waals surface area contributed by atoms with Gasteiger partial charge < -0.3 is 4.84 Å². The lowest BCUT2D eigenvalue weighted by molar-refractivity contribution is -0.153. The summed E-state index contributed by atoms with van der Waals surface area (Å²) in [6, 6.07) is 16.2. The number of rotatable bonds is 3. The largest absolute Gasteiger partial charge is 0.430 e. The van der Waals surface area contributed by atoms with Crippen LogP contribution >= 0.6 is 0 Å². The van der Waals surface area contributed by atoms with E-state index in [1.54, 1.807) is 5.06 Å². The molecule has 0 unspecified atom stereocenters. The first-order valence-electron chi connectivity index (χ1n) is 10.8. The molecule has 0 saturated carbocycles. The van der Waals surface area contributed by atoms with E-state index >= 15 is 0 Å². The first kappa shape index (κ1) is 21.4. The molecule has 2 heterocycles. The maximum absolute atomic E-state index is 12.2. The Balaban J connectivity index is 1.32. The topological polar surface area (TPSA) is 62.8 Å². The predicted octanol–water partition coefficient (Wildman–Crippen LogP) is 5.17. The molecule has 4 rings (SSSR count). The van der Waals surface area contributed by atoms with Crippen LogP contribution in [0.2, 0.25) is 0 Å². The third kappa shape index (κ3) is 5.09. The molecule has 6 nitrogen and oxygen atoms in total. The third-order valence-corrected chi connectivity index (χ3v) is 5.91. The van der Waals surface area contributed by atoms with Crippen LogP contribution in [0.3, 0.4) is 0 Å². The summed E-state index contributed by atoms with van der Waals surface area (Å²) < 4.78 is 0. The summed E-state index contributed by atoms with van der Waals surface area (Å²) in [5, 5.41) is 4.46. The zero-order valence-electron chi connectivity index (χ0n) is 18.7. The van der Waals surface area contributed by atoms with Gasteiger partial charge in [0.15, 0.2) is 0 Å². The van der Waals surface area contributed by atoms with Gasteiger partial charge in [-0.25, -0.2) is 4.79 Å². The van der Waals surface area contributed by atoms with Crippen molar-refractivity contribution < 1.29 is 14.5 Å². The van der Waals surface area contributed by atoms with Crippen molar-refractivity contribution in [3.05, 3.63) is 71.3 Å². The van der Waals surface area contributed by atoms with Crippen molar-refractivity contribution in [1.82, 2.24) is 10.5 Å². The zero-order chi connectivity index (χ0) is 22.1. The van der Waals surface area contributed by atoms with E-state index in [0.717, 1.165) is 35.4 Å². The van der Waals surface area contributed by atoms with E-state index in [1.165, 1.54) is 5.56 Å². The fraction of sp³-hybridized carbons (Fsp3) is 0.400. The number of anilines is 1. The van der Waals surface area contributed by atoms with Crippen LogP contribution in [0.1, 0.15) is 50.3 Å². The number of aryl methyl sites for hydroxylation is 1. The normalized spacial score (nSPS) is 18.4. The zero-order valence-corrected chi connectivity index (χ0v) is 18.7. The average molecular weight is 422 g/mol. The molecule has 0 radical (unpaired) electrons. The van der Waals surface area contributed by atoms with Gasteiger partial charge in [-0.2, -0.15) is 0 Å². The summed E-state index contributed by atoms with van der Waals surface area (Å²) in [6.07, 6.45) is 3.17. The number of hydroxylamine groups is 3. The minimum atomic E-state index is -0.472. The molecule has 1 saturated heterocycles. The predicted molar refractivity (Wildman–Crippen MR) is 122 cm³/mol. The van der Waals surface area contributed by atoms with Crippen molar-refractivity contribution in [2.24, 2.45) is 0 Å². The highest BCUT2D eigenvalue weighted by atomic mass is 16.7. The number of hydrogen-bond donors (Lipinski definition) is 2. The fourth-order valence-electron chi connectivity index (χ4n) is 3.87. The van der Waals surface area contributed by atoms with E-state index in [-0.39, 0.29) is 11.0 Å². The fourth-order valence-corrected chi connectivity index (χ4v) is 3.87. The molecule has 2 aromatic carbocycles. The highest BCUT2D eigenvalue weighted by Gasteiger charge is 2.39. The molecule has 2 aromatic rings. The minimum Gasteiger partial charge on any atom is -0.351 e. The molecular formula is C25H31N3O3. The second kappa shape index (κ2) is 8.36. The van der Waals surface area contributed by atoms with E-state index in [0.29, 0.717) is 13.1 Å². The van der Waals surface area contributed by atoms with Crippen molar-refractivity contribution in [3.8, 4) is 0 Å². The SMILES string of the molecule is Cc1ccc(NC(=O)ON2CCC3(C=C(c4ccc(C(C)(C)C)cc4)NO3)CC2)cc1. The van der Waals surface area contributed by atoms with Gasteiger partial charge in [0.25, 0.3) is 0 Å². The molecule has 0 atom stereocenters. The Morgan fingerprint density at radius 1 is 1.06 bits per heavy atom. The van der Waals surface area contributed by atoms with Gasteiger partial charge in [0.2, 0.25) is 0 Å². The summed E-state index contributed by atoms with van der Waals surface area (Å²) in [6.45, 7) is 9.86. The van der Waals surface area contributed by atoms with E-state index < -0.39 is 6.09 Å². The second-order valence-electron chi connectivity index (χ2n) is 9.45. The Morgan fingerprint density at radius 3 is 2.32 bits per heavy atom. The average Bonchev–Trinajstić information content (AvgIpc) is 3.15. The first-order chi connectivity index (χ1) is 14.7. The van der Waals surface area contributed by atoms with Crippen LogP contribution in [0.25, 0.3) is 5.70 Å². The van der Waals surface area contributed by atoms with E-state index in [1.807, 2.05) is 31.2 Å². The Bertz CT molecular complexity index is 951. The molecule has 31 heavy (non-hydrogen) atoms. The van der Waals surface area contributed by atoms with Crippen molar-refractivity contribution in [2.75, 3.05) is 18.4 Å². The maximum atomic E-state index is 12.2. The lowest BCUT2D eigenvalue weighted by Gasteiger charge is -2.35. The molecular weight excluding hydrogens is 390 g/mol. The summed E-state index contributed by atoms with van der Waals surface area (Å²) in [7, 11) is 0. The van der Waals surface area contributed by atoms with Crippen LogP contribution in [0.5, 0.6) is 0 Å². The van der Waals surface area contributed by atoms with E-state index in [4.69, 9.17) is 9.68 Å². The number of amides is 1. The Morgan fingerprint density at radius 2 is 1.71 bits per heavy atom. The number of benzene rings is 2. The number of carbonyl (C=O) groups is 1. The van der Waals surface area contributed by atoms with Crippen LogP contribution in [0, 0.1) is 6.92 Å². The molecule has 0 aromatic heterocycles. The number of nitrogens with one attached hydrogen (secondary N) is 2. The second-order valence-corrected chi connectivity index (χ2v) is 9.45. The lowest BCUT2D eigenvalue weighted by atomic mass is 9.86. The molecule has 2 N–H and O–H groups in total. The molecule has 0 bridgehead atoms. The summed E-state index contributed by atoms with van der Waals surface area (Å²) in [5.74, 6) is 0. The molecule has 0 aliphatic carbocycles. The van der Waals surface area contributed by atoms with Gasteiger partial charge in [0.05, 0.1) is 5.70 Å². The quantitative estimate of drug-likeness (QED) is 0.716. The van der Waals surface area contributed by atoms with Gasteiger partial charge in [0, 0.05) is 18.8 Å². The van der Waals surface area contributed by atoms with E-state index in [9.17, 15) is 4.79 Å². The van der Waals surface area contributed by atoms with Crippen LogP contribution < -0.4 is 10.8 Å². The Labute approximate surface area is 184 Å². The number of hydrogen-bond acceptors (Lipinski definition) is 5. The van der Waals surface area contributed by atoms with Crippen molar-refractivity contribution in [1.29, 1.82) is 0 Å². The lowest BCUT2D eigenvalue weighted by Crippen LogP contribution is -2.45. The maximum Gasteiger partial charge on any atom is 0.430 e. The van der Waals surface area contributed by atoms with Crippen molar-refractivity contribution in [2.45, 2.75) is 51.6 Å². The van der Waals surface area contributed by atoms with Gasteiger partial charge in [-0.3, -0.25) is 15.6 Å². The summed E-state index contributed by atoms with van der Waals surface area (Å²) in [4.78, 5) is 23.6. The number of nitrogens with zero attached hydrogens (tertiary/aromatic N) is 1. The molecule has 2 aliphatic heterocycles. The molecule has 1 spiro atoms. The summed E-state index contributed by atoms with van der Waals surface area (Å²) in [5.41, 5.74) is 8.14. The van der Waals surface area contributed by atoms with Crippen LogP contribution in [-0.4, -0.2) is 29.8 Å². The third-order valence-electron chi connectivity index (χ3n) is 5.91. The van der Waals surface area contributed by atoms with Gasteiger partial charge in [-0.1, -0.05) is 62.7 Å². The van der Waals surface area contributed by atoms with E-state index in [2.05, 4.69) is 61.9 Å². The van der Waals surface area contributed by atoms with Gasteiger partial charge in [-0.15, -0.1) is 5.06 Å². The standard InChI is InChI=1S/C25H31N3O3/c1-18-5-11-21(12-6-18)26-23(29)30-28-15-13-25(14-16-28)17-22(27-31-25)19-7-9-20(10-8-19)24(2,3)4/h5-12,17,27H,13-16H2,1-4H3,(H,26,29). The van der Waals surface area contributed by atoms with Crippen LogP contribution in [0.4, 0.5) is 10.5 Å². The number of piperidine rings is 1. The highest BCUT2D eigenvalue weighted by molar-refractivity contribution is 5.84. The molecule has 2 aliphatic rings. The van der Waals surface area contributed by atoms with Gasteiger partial charge >= 0.3 is 6.09 Å². The first-order valence-corrected chi connectivity index (χ1v) is 10.8. The number of carbonyl (C=O) groups excluding carboxylic acids is 1. The van der Waals surface area contributed by atoms with Crippen LogP contribution in [0.15, 0.2) is 54.6 Å². The van der Waals surface area contributed by atoms with Crippen molar-refractivity contribution in [3.63, 3.8) is 0 Å². The highest BCUT2D eigenvalue weighted by Crippen LogP contribution is 2.35. The Kier molecular flexibility index (Phi) is 5.77. The molecule has 1 fully saturated rings. The summed E-state index contributed by atoms with van der Waals surface area (Å²) >= 11 is 0. The monoisotopic (exact) mass is 421 g/mol. The smallest absolute Gasteiger partial charge is 0.351 e. The molecule has 164 valence electrons. The molecule has 6 heteroatoms. The van der Waals surface area contributed by atoms with Gasteiger partial charge in [-0.05, 0) is 54.5 Å². The Hall–Kier alpha value is -2.83. The van der Waals surface area contributed by atoms with Crippen molar-refractivity contribution >= 4 is 17.5 Å². The van der Waals surface area contributed by atoms with Crippen LogP contribution in [-0.2, 0) is 15.1 Å². The van der Waals surface area contributed by atoms with Gasteiger partial charge in [0.1, 0.15) is 5.60 Å². The minimum absolute atomic E-state index is 0.131. The molecule has 1 amide bonds.